The van der Waals surface area contributed by atoms with Crippen LogP contribution in [0.4, 0.5) is 4.39 Å². The number of Topliss-reactive ketones (excluding diaryl/α,β-unsaturated/α-hetero) is 1. The van der Waals surface area contributed by atoms with Gasteiger partial charge in [-0.05, 0) is 75.1 Å². The Hall–Kier alpha value is -1.97. The fourth-order valence-electron chi connectivity index (χ4n) is 3.85. The Kier molecular flexibility index (Phi) is 5.04. The van der Waals surface area contributed by atoms with Crippen LogP contribution in [-0.2, 0) is 16.0 Å². The molecule has 4 heteroatoms. The molecule has 0 saturated carbocycles. The summed E-state index contributed by atoms with van der Waals surface area (Å²) >= 11 is 5.91. The predicted molar refractivity (Wildman–Crippen MR) is 108 cm³/mol. The summed E-state index contributed by atoms with van der Waals surface area (Å²) in [6, 6.07) is 10.4. The third-order valence-corrected chi connectivity index (χ3v) is 5.08. The van der Waals surface area contributed by atoms with E-state index < -0.39 is 11.2 Å². The van der Waals surface area contributed by atoms with Gasteiger partial charge in [0.2, 0.25) is 0 Å². The Balaban J connectivity index is 2.24. The van der Waals surface area contributed by atoms with Gasteiger partial charge in [0.1, 0.15) is 11.4 Å². The summed E-state index contributed by atoms with van der Waals surface area (Å²) in [5, 5.41) is 0.358. The molecule has 0 N–H and O–H groups in total. The summed E-state index contributed by atoms with van der Waals surface area (Å²) in [4.78, 5) is 13.1. The van der Waals surface area contributed by atoms with Gasteiger partial charge in [-0.25, -0.2) is 4.39 Å². The lowest BCUT2D eigenvalue weighted by Gasteiger charge is -2.39. The highest BCUT2D eigenvalue weighted by molar-refractivity contribution is 6.30. The molecule has 27 heavy (non-hydrogen) atoms. The van der Waals surface area contributed by atoms with Crippen molar-refractivity contribution in [2.24, 2.45) is 0 Å². The number of rotatable bonds is 3. The molecule has 0 bridgehead atoms. The van der Waals surface area contributed by atoms with E-state index in [1.54, 1.807) is 26.0 Å². The first-order valence-electron chi connectivity index (χ1n) is 9.11. The smallest absolute Gasteiger partial charge is 0.194 e. The van der Waals surface area contributed by atoms with E-state index in [0.29, 0.717) is 22.6 Å². The molecule has 2 nitrogen and oxygen atoms in total. The fraction of sp³-hybridized carbons (Fsp3) is 0.348. The van der Waals surface area contributed by atoms with Crippen LogP contribution in [-0.4, -0.2) is 17.0 Å². The van der Waals surface area contributed by atoms with Gasteiger partial charge in [0.05, 0.1) is 5.60 Å². The Morgan fingerprint density at radius 2 is 1.70 bits per heavy atom. The third-order valence-electron chi connectivity index (χ3n) is 4.84. The lowest BCUT2D eigenvalue weighted by Crippen LogP contribution is -2.46. The highest BCUT2D eigenvalue weighted by Gasteiger charge is 2.42. The van der Waals surface area contributed by atoms with Crippen LogP contribution in [0.15, 0.2) is 42.5 Å². The van der Waals surface area contributed by atoms with E-state index in [1.807, 2.05) is 45.0 Å². The molecule has 0 amide bonds. The fourth-order valence-corrected chi connectivity index (χ4v) is 4.01. The van der Waals surface area contributed by atoms with Gasteiger partial charge in [-0.3, -0.25) is 4.79 Å². The van der Waals surface area contributed by atoms with Gasteiger partial charge in [-0.15, -0.1) is 0 Å². The summed E-state index contributed by atoms with van der Waals surface area (Å²) in [6.07, 6.45) is 2.54. The van der Waals surface area contributed by atoms with E-state index in [-0.39, 0.29) is 11.6 Å². The average Bonchev–Trinajstić information content (AvgIpc) is 2.56. The summed E-state index contributed by atoms with van der Waals surface area (Å²) in [5.74, 6) is -0.437. The lowest BCUT2D eigenvalue weighted by atomic mass is 9.81. The maximum Gasteiger partial charge on any atom is 0.194 e. The quantitative estimate of drug-likeness (QED) is 0.623. The van der Waals surface area contributed by atoms with Gasteiger partial charge in [0, 0.05) is 16.2 Å². The molecule has 1 aliphatic rings. The van der Waals surface area contributed by atoms with Crippen molar-refractivity contribution < 1.29 is 13.9 Å². The van der Waals surface area contributed by atoms with Crippen molar-refractivity contribution in [2.45, 2.75) is 52.2 Å². The van der Waals surface area contributed by atoms with Crippen LogP contribution < -0.4 is 0 Å². The molecule has 0 spiro atoms. The van der Waals surface area contributed by atoms with Crippen LogP contribution in [0.2, 0.25) is 5.02 Å². The molecule has 2 aromatic rings. The van der Waals surface area contributed by atoms with E-state index in [2.05, 4.69) is 0 Å². The standard InChI is InChI=1S/C23H24ClFO2/c1-6-15-16(18-11-10-14(24)12-20(18)25)8-7-9-17(15)19-13-22(2,3)27-23(4,5)21(19)26/h7-13H,6H2,1-5H3. The van der Waals surface area contributed by atoms with Gasteiger partial charge in [-0.1, -0.05) is 36.7 Å². The van der Waals surface area contributed by atoms with E-state index in [0.717, 1.165) is 16.7 Å². The van der Waals surface area contributed by atoms with Crippen molar-refractivity contribution in [3.05, 3.63) is 64.4 Å². The molecule has 3 rings (SSSR count). The zero-order valence-electron chi connectivity index (χ0n) is 16.3. The highest BCUT2D eigenvalue weighted by atomic mass is 35.5. The number of ether oxygens (including phenoxy) is 1. The third kappa shape index (κ3) is 3.71. The Morgan fingerprint density at radius 3 is 2.33 bits per heavy atom. The summed E-state index contributed by atoms with van der Waals surface area (Å²) in [6.45, 7) is 9.47. The maximum absolute atomic E-state index is 14.6. The molecule has 1 heterocycles. The summed E-state index contributed by atoms with van der Waals surface area (Å²) < 4.78 is 20.5. The van der Waals surface area contributed by atoms with Crippen molar-refractivity contribution in [1.29, 1.82) is 0 Å². The van der Waals surface area contributed by atoms with Gasteiger partial charge in [0.25, 0.3) is 0 Å². The number of carbonyl (C=O) groups excluding carboxylic acids is 1. The van der Waals surface area contributed by atoms with E-state index in [4.69, 9.17) is 16.3 Å². The van der Waals surface area contributed by atoms with Gasteiger partial charge in [0.15, 0.2) is 5.78 Å². The minimum Gasteiger partial charge on any atom is -0.357 e. The average molecular weight is 387 g/mol. The van der Waals surface area contributed by atoms with Crippen LogP contribution in [0.3, 0.4) is 0 Å². The van der Waals surface area contributed by atoms with Crippen LogP contribution in [0.25, 0.3) is 16.7 Å². The normalized spacial score (nSPS) is 18.3. The van der Waals surface area contributed by atoms with Crippen LogP contribution in [0.1, 0.15) is 45.7 Å². The minimum absolute atomic E-state index is 0.0646. The Bertz CT molecular complexity index is 941. The van der Waals surface area contributed by atoms with Crippen LogP contribution in [0.5, 0.6) is 0 Å². The molecule has 2 aromatic carbocycles. The monoisotopic (exact) mass is 386 g/mol. The number of ketones is 1. The molecular weight excluding hydrogens is 363 g/mol. The van der Waals surface area contributed by atoms with Crippen molar-refractivity contribution >= 4 is 23.0 Å². The SMILES string of the molecule is CCc1c(C2=CC(C)(C)OC(C)(C)C2=O)cccc1-c1ccc(Cl)cc1F. The molecule has 0 aromatic heterocycles. The first-order chi connectivity index (χ1) is 12.6. The Labute approximate surface area is 165 Å². The van der Waals surface area contributed by atoms with Crippen LogP contribution in [0, 0.1) is 5.82 Å². The number of carbonyl (C=O) groups is 1. The first-order valence-corrected chi connectivity index (χ1v) is 9.49. The molecular formula is C23H24ClFO2. The van der Waals surface area contributed by atoms with Crippen molar-refractivity contribution in [1.82, 2.24) is 0 Å². The minimum atomic E-state index is -0.917. The molecule has 0 saturated heterocycles. The number of hydrogen-bond donors (Lipinski definition) is 0. The van der Waals surface area contributed by atoms with E-state index in [9.17, 15) is 9.18 Å². The molecule has 1 aliphatic heterocycles. The topological polar surface area (TPSA) is 26.3 Å². The van der Waals surface area contributed by atoms with Gasteiger partial charge in [-0.2, -0.15) is 0 Å². The molecule has 142 valence electrons. The molecule has 0 atom stereocenters. The molecule has 0 unspecified atom stereocenters. The van der Waals surface area contributed by atoms with Gasteiger partial charge < -0.3 is 4.74 Å². The van der Waals surface area contributed by atoms with Crippen LogP contribution >= 0.6 is 11.6 Å². The second-order valence-corrected chi connectivity index (χ2v) is 8.35. The zero-order chi connectivity index (χ0) is 20.0. The zero-order valence-corrected chi connectivity index (χ0v) is 17.1. The highest BCUT2D eigenvalue weighted by Crippen LogP contribution is 2.39. The van der Waals surface area contributed by atoms with Crippen molar-refractivity contribution in [2.75, 3.05) is 0 Å². The largest absolute Gasteiger partial charge is 0.357 e. The number of hydrogen-bond acceptors (Lipinski definition) is 2. The molecule has 0 radical (unpaired) electrons. The lowest BCUT2D eigenvalue weighted by molar-refractivity contribution is -0.150. The van der Waals surface area contributed by atoms with E-state index in [1.165, 1.54) is 6.07 Å². The predicted octanol–water partition coefficient (Wildman–Crippen LogP) is 6.25. The van der Waals surface area contributed by atoms with Gasteiger partial charge >= 0.3 is 0 Å². The van der Waals surface area contributed by atoms with Crippen molar-refractivity contribution in [3.63, 3.8) is 0 Å². The summed E-state index contributed by atoms with van der Waals surface area (Å²) in [5.41, 5.74) is 2.17. The molecule has 0 fully saturated rings. The summed E-state index contributed by atoms with van der Waals surface area (Å²) in [7, 11) is 0. The second-order valence-electron chi connectivity index (χ2n) is 7.91. The number of halogens is 2. The van der Waals surface area contributed by atoms with E-state index >= 15 is 0 Å². The van der Waals surface area contributed by atoms with Crippen molar-refractivity contribution in [3.8, 4) is 11.1 Å². The number of benzene rings is 2. The maximum atomic E-state index is 14.6. The first kappa shape index (κ1) is 19.8. The Morgan fingerprint density at radius 1 is 1.04 bits per heavy atom. The second kappa shape index (κ2) is 6.88. The molecule has 0 aliphatic carbocycles.